The normalized spacial score (nSPS) is 10.3. The smallest absolute Gasteiger partial charge is 0.0645 e. The lowest BCUT2D eigenvalue weighted by atomic mass is 10.2. The van der Waals surface area contributed by atoms with Gasteiger partial charge in [0.15, 0.2) is 0 Å². The van der Waals surface area contributed by atoms with Gasteiger partial charge in [-0.2, -0.15) is 0 Å². The number of nitrogens with zero attached hydrogens (tertiary/aromatic N) is 1. The molecular weight excluding hydrogens is 222 g/mol. The van der Waals surface area contributed by atoms with Crippen molar-refractivity contribution in [2.75, 3.05) is 24.7 Å². The van der Waals surface area contributed by atoms with E-state index >= 15 is 0 Å². The predicted molar refractivity (Wildman–Crippen MR) is 76.4 cm³/mol. The molecule has 0 aliphatic rings. The number of hydrogen-bond acceptors (Lipinski definition) is 2. The Balaban J connectivity index is 2.18. The molecule has 0 aromatic heterocycles. The average Bonchev–Trinajstić information content (AvgIpc) is 2.46. The minimum atomic E-state index is 0.736. The molecule has 2 nitrogen and oxygen atoms in total. The van der Waals surface area contributed by atoms with Gasteiger partial charge in [-0.15, -0.1) is 0 Å². The predicted octanol–water partition coefficient (Wildman–Crippen LogP) is 3.86. The number of ether oxygens (including phenoxy) is 1. The van der Waals surface area contributed by atoms with Crippen molar-refractivity contribution >= 4 is 11.4 Å². The molecule has 94 valence electrons. The molecule has 0 amide bonds. The lowest BCUT2D eigenvalue weighted by Crippen LogP contribution is -2.22. The van der Waals surface area contributed by atoms with Crippen molar-refractivity contribution in [2.24, 2.45) is 0 Å². The van der Waals surface area contributed by atoms with E-state index in [0.29, 0.717) is 0 Å². The van der Waals surface area contributed by atoms with Gasteiger partial charge < -0.3 is 9.64 Å². The topological polar surface area (TPSA) is 12.5 Å². The summed E-state index contributed by atoms with van der Waals surface area (Å²) in [5.41, 5.74) is 2.40. The maximum absolute atomic E-state index is 5.47. The van der Waals surface area contributed by atoms with Crippen LogP contribution in [-0.2, 0) is 4.74 Å². The summed E-state index contributed by atoms with van der Waals surface area (Å²) >= 11 is 0. The van der Waals surface area contributed by atoms with Gasteiger partial charge in [0, 0.05) is 24.5 Å². The lowest BCUT2D eigenvalue weighted by molar-refractivity contribution is 0.155. The van der Waals surface area contributed by atoms with E-state index < -0.39 is 0 Å². The van der Waals surface area contributed by atoms with Gasteiger partial charge in [0.25, 0.3) is 0 Å². The molecule has 0 bridgehead atoms. The van der Waals surface area contributed by atoms with Crippen molar-refractivity contribution in [3.8, 4) is 0 Å². The molecule has 18 heavy (non-hydrogen) atoms. The molecule has 2 aromatic rings. The third kappa shape index (κ3) is 3.34. The molecule has 0 atom stereocenters. The minimum Gasteiger partial charge on any atom is -0.380 e. The molecule has 0 fully saturated rings. The maximum Gasteiger partial charge on any atom is 0.0645 e. The Hall–Kier alpha value is -1.80. The maximum atomic E-state index is 5.47. The van der Waals surface area contributed by atoms with E-state index in [4.69, 9.17) is 4.74 Å². The molecular formula is C16H19NO. The number of hydrogen-bond donors (Lipinski definition) is 0. The van der Waals surface area contributed by atoms with Crippen LogP contribution in [0.5, 0.6) is 0 Å². The first-order valence-electron chi connectivity index (χ1n) is 6.37. The first-order valence-corrected chi connectivity index (χ1v) is 6.37. The molecule has 2 aromatic carbocycles. The van der Waals surface area contributed by atoms with Gasteiger partial charge in [0.1, 0.15) is 0 Å². The summed E-state index contributed by atoms with van der Waals surface area (Å²) in [6.07, 6.45) is 0. The van der Waals surface area contributed by atoms with Crippen LogP contribution in [0.4, 0.5) is 11.4 Å². The van der Waals surface area contributed by atoms with Gasteiger partial charge in [0.05, 0.1) is 6.61 Å². The highest BCUT2D eigenvalue weighted by atomic mass is 16.5. The second-order valence-corrected chi connectivity index (χ2v) is 4.02. The van der Waals surface area contributed by atoms with E-state index in [0.717, 1.165) is 19.8 Å². The lowest BCUT2D eigenvalue weighted by Gasteiger charge is -2.24. The Morgan fingerprint density at radius 2 is 1.33 bits per heavy atom. The van der Waals surface area contributed by atoms with E-state index in [1.54, 1.807) is 0 Å². The van der Waals surface area contributed by atoms with Crippen LogP contribution in [0, 0.1) is 0 Å². The van der Waals surface area contributed by atoms with Crippen molar-refractivity contribution in [3.05, 3.63) is 60.7 Å². The van der Waals surface area contributed by atoms with E-state index in [9.17, 15) is 0 Å². The van der Waals surface area contributed by atoms with Crippen molar-refractivity contribution in [1.82, 2.24) is 0 Å². The molecule has 0 aliphatic carbocycles. The average molecular weight is 241 g/mol. The first kappa shape index (κ1) is 12.7. The molecule has 0 heterocycles. The van der Waals surface area contributed by atoms with Crippen LogP contribution in [0.3, 0.4) is 0 Å². The highest BCUT2D eigenvalue weighted by Crippen LogP contribution is 2.24. The number of para-hydroxylation sites is 2. The van der Waals surface area contributed by atoms with Crippen LogP contribution in [0.2, 0.25) is 0 Å². The van der Waals surface area contributed by atoms with Crippen LogP contribution in [0.25, 0.3) is 0 Å². The third-order valence-corrected chi connectivity index (χ3v) is 2.80. The molecule has 0 unspecified atom stereocenters. The van der Waals surface area contributed by atoms with Gasteiger partial charge >= 0.3 is 0 Å². The van der Waals surface area contributed by atoms with Crippen LogP contribution in [0.1, 0.15) is 6.92 Å². The zero-order valence-corrected chi connectivity index (χ0v) is 10.8. The Kier molecular flexibility index (Phi) is 4.79. The van der Waals surface area contributed by atoms with Crippen LogP contribution in [0.15, 0.2) is 60.7 Å². The van der Waals surface area contributed by atoms with Crippen LogP contribution >= 0.6 is 0 Å². The highest BCUT2D eigenvalue weighted by molar-refractivity contribution is 5.62. The van der Waals surface area contributed by atoms with Crippen molar-refractivity contribution < 1.29 is 4.74 Å². The van der Waals surface area contributed by atoms with Gasteiger partial charge in [-0.1, -0.05) is 36.4 Å². The quantitative estimate of drug-likeness (QED) is 0.712. The van der Waals surface area contributed by atoms with Gasteiger partial charge in [0.2, 0.25) is 0 Å². The second-order valence-electron chi connectivity index (χ2n) is 4.02. The zero-order chi connectivity index (χ0) is 12.6. The molecule has 0 aliphatic heterocycles. The molecule has 2 heteroatoms. The minimum absolute atomic E-state index is 0.736. The third-order valence-electron chi connectivity index (χ3n) is 2.80. The molecule has 0 N–H and O–H groups in total. The molecule has 2 rings (SSSR count). The SMILES string of the molecule is CCOCCN(c1ccccc1)c1ccccc1. The van der Waals surface area contributed by atoms with E-state index in [2.05, 4.69) is 53.4 Å². The molecule has 0 saturated carbocycles. The monoisotopic (exact) mass is 241 g/mol. The largest absolute Gasteiger partial charge is 0.380 e. The standard InChI is InChI=1S/C16H19NO/c1-2-18-14-13-17(15-9-5-3-6-10-15)16-11-7-4-8-12-16/h3-12H,2,13-14H2,1H3. The van der Waals surface area contributed by atoms with Crippen LogP contribution in [-0.4, -0.2) is 19.8 Å². The second kappa shape index (κ2) is 6.82. The summed E-state index contributed by atoms with van der Waals surface area (Å²) < 4.78 is 5.47. The number of benzene rings is 2. The van der Waals surface area contributed by atoms with Gasteiger partial charge in [-0.25, -0.2) is 0 Å². The van der Waals surface area contributed by atoms with E-state index in [-0.39, 0.29) is 0 Å². The van der Waals surface area contributed by atoms with Crippen molar-refractivity contribution in [1.29, 1.82) is 0 Å². The Labute approximate surface area is 109 Å². The summed E-state index contributed by atoms with van der Waals surface area (Å²) in [6.45, 7) is 4.38. The fourth-order valence-electron chi connectivity index (χ4n) is 1.92. The molecule has 0 spiro atoms. The van der Waals surface area contributed by atoms with E-state index in [1.807, 2.05) is 19.1 Å². The number of anilines is 2. The van der Waals surface area contributed by atoms with Gasteiger partial charge in [-0.3, -0.25) is 0 Å². The Morgan fingerprint density at radius 3 is 1.78 bits per heavy atom. The summed E-state index contributed by atoms with van der Waals surface area (Å²) in [4.78, 5) is 2.27. The van der Waals surface area contributed by atoms with Crippen molar-refractivity contribution in [2.45, 2.75) is 6.92 Å². The fourth-order valence-corrected chi connectivity index (χ4v) is 1.92. The Bertz CT molecular complexity index is 402. The van der Waals surface area contributed by atoms with Gasteiger partial charge in [-0.05, 0) is 31.2 Å². The summed E-state index contributed by atoms with van der Waals surface area (Å²) in [6, 6.07) is 20.8. The molecule has 0 radical (unpaired) electrons. The molecule has 0 saturated heterocycles. The zero-order valence-electron chi connectivity index (χ0n) is 10.8. The number of rotatable bonds is 6. The Morgan fingerprint density at radius 1 is 0.833 bits per heavy atom. The van der Waals surface area contributed by atoms with E-state index in [1.165, 1.54) is 11.4 Å². The fraction of sp³-hybridized carbons (Fsp3) is 0.250. The summed E-state index contributed by atoms with van der Waals surface area (Å²) in [5.74, 6) is 0. The summed E-state index contributed by atoms with van der Waals surface area (Å²) in [5, 5.41) is 0. The van der Waals surface area contributed by atoms with Crippen LogP contribution < -0.4 is 4.90 Å². The highest BCUT2D eigenvalue weighted by Gasteiger charge is 2.07. The van der Waals surface area contributed by atoms with Crippen molar-refractivity contribution in [3.63, 3.8) is 0 Å². The summed E-state index contributed by atoms with van der Waals surface area (Å²) in [7, 11) is 0. The first-order chi connectivity index (χ1) is 8.92.